The fourth-order valence-electron chi connectivity index (χ4n) is 6.25. The Morgan fingerprint density at radius 3 is 2.33 bits per heavy atom. The van der Waals surface area contributed by atoms with Crippen molar-refractivity contribution in [3.05, 3.63) is 97.7 Å². The summed E-state index contributed by atoms with van der Waals surface area (Å²) < 4.78 is 6.88. The number of methoxy groups -OCH3 is 1. The molecule has 2 heterocycles. The topological polar surface area (TPSA) is 172 Å². The fourth-order valence-corrected chi connectivity index (χ4v) is 6.25. The molecule has 7 rings (SSSR count). The van der Waals surface area contributed by atoms with E-state index in [1.807, 2.05) is 0 Å². The minimum absolute atomic E-state index is 0.0203. The zero-order valence-electron chi connectivity index (χ0n) is 22.9. The van der Waals surface area contributed by atoms with Gasteiger partial charge in [-0.2, -0.15) is 5.10 Å². The van der Waals surface area contributed by atoms with Gasteiger partial charge < -0.3 is 25.2 Å². The third-order valence-corrected chi connectivity index (χ3v) is 8.36. The third-order valence-electron chi connectivity index (χ3n) is 8.36. The molecule has 0 fully saturated rings. The Morgan fingerprint density at radius 1 is 0.860 bits per heavy atom. The lowest BCUT2D eigenvalue weighted by atomic mass is 9.75. The number of phenolic OH excluding ortho intramolecular Hbond substituents is 4. The maximum absolute atomic E-state index is 13.8. The standard InChI is InChI=1S/C32H23N3O8/c1-13-19(36)10-18-23(26(13)37)30(41)25-24(27(18)38)29(40)22-17(31(25)43-2)4-3-15-9-16-11-34-35(12-14-5-7-33-8-6-14)32(42)21(16)28(39)20(15)22/h5-11,36-37,39-40H,3-4,12H2,1-2H3. The van der Waals surface area contributed by atoms with Crippen LogP contribution in [0.3, 0.4) is 0 Å². The summed E-state index contributed by atoms with van der Waals surface area (Å²) >= 11 is 0. The van der Waals surface area contributed by atoms with Crippen LogP contribution in [0.2, 0.25) is 0 Å². The van der Waals surface area contributed by atoms with Gasteiger partial charge in [-0.05, 0) is 55.2 Å². The molecule has 43 heavy (non-hydrogen) atoms. The van der Waals surface area contributed by atoms with Crippen molar-refractivity contribution < 1.29 is 34.8 Å². The molecule has 0 radical (unpaired) electrons. The Bertz CT molecular complexity index is 2150. The fraction of sp³-hybridized carbons (Fsp3) is 0.156. The second kappa shape index (κ2) is 9.15. The zero-order valence-corrected chi connectivity index (χ0v) is 22.9. The SMILES string of the molecule is COc1c2c(c(O)c3c1C(=O)c1c(cc(O)c(C)c1O)C3=O)-c1c(cc3cnn(Cc4ccncc4)c(=O)c3c1O)CC2. The number of pyridine rings is 1. The number of nitrogens with zero attached hydrogens (tertiary/aromatic N) is 3. The Hall–Kier alpha value is -5.71. The van der Waals surface area contributed by atoms with Crippen molar-refractivity contribution in [1.29, 1.82) is 0 Å². The van der Waals surface area contributed by atoms with Crippen LogP contribution < -0.4 is 10.3 Å². The number of aromatic nitrogens is 3. The Balaban J connectivity index is 1.51. The van der Waals surface area contributed by atoms with Crippen LogP contribution in [0.25, 0.3) is 21.9 Å². The second-order valence-electron chi connectivity index (χ2n) is 10.6. The summed E-state index contributed by atoms with van der Waals surface area (Å²) in [4.78, 5) is 45.2. The first-order valence-corrected chi connectivity index (χ1v) is 13.4. The summed E-state index contributed by atoms with van der Waals surface area (Å²) in [5.41, 5.74) is 0.248. The largest absolute Gasteiger partial charge is 0.508 e. The second-order valence-corrected chi connectivity index (χ2v) is 10.6. The van der Waals surface area contributed by atoms with Crippen LogP contribution in [0.15, 0.2) is 47.7 Å². The lowest BCUT2D eigenvalue weighted by Gasteiger charge is -2.29. The average Bonchev–Trinajstić information content (AvgIpc) is 3.00. The van der Waals surface area contributed by atoms with Crippen molar-refractivity contribution in [3.8, 4) is 39.9 Å². The average molecular weight is 578 g/mol. The molecule has 11 heteroatoms. The van der Waals surface area contributed by atoms with E-state index in [0.717, 1.165) is 11.6 Å². The number of hydrogen-bond donors (Lipinski definition) is 4. The van der Waals surface area contributed by atoms with Gasteiger partial charge in [-0.15, -0.1) is 0 Å². The molecule has 0 saturated heterocycles. The molecule has 4 N–H and O–H groups in total. The Labute approximate surface area is 242 Å². The highest BCUT2D eigenvalue weighted by Gasteiger charge is 2.42. The van der Waals surface area contributed by atoms with Crippen molar-refractivity contribution in [2.45, 2.75) is 26.3 Å². The van der Waals surface area contributed by atoms with E-state index in [-0.39, 0.29) is 63.0 Å². The van der Waals surface area contributed by atoms with Crippen LogP contribution in [0.5, 0.6) is 28.7 Å². The molecular weight excluding hydrogens is 554 g/mol. The van der Waals surface area contributed by atoms with Crippen molar-refractivity contribution >= 4 is 22.3 Å². The minimum Gasteiger partial charge on any atom is -0.508 e. The first-order chi connectivity index (χ1) is 20.6. The normalized spacial score (nSPS) is 13.3. The highest BCUT2D eigenvalue weighted by molar-refractivity contribution is 6.32. The number of carbonyl (C=O) groups is 2. The molecule has 0 amide bonds. The molecule has 0 bridgehead atoms. The van der Waals surface area contributed by atoms with Crippen molar-refractivity contribution in [2.24, 2.45) is 0 Å². The molecular formula is C32H23N3O8. The Morgan fingerprint density at radius 2 is 1.60 bits per heavy atom. The molecule has 3 aromatic carbocycles. The molecule has 2 aromatic heterocycles. The number of carbonyl (C=O) groups excluding carboxylic acids is 2. The lowest BCUT2D eigenvalue weighted by molar-refractivity contribution is 0.0971. The quantitative estimate of drug-likeness (QED) is 0.244. The van der Waals surface area contributed by atoms with Crippen LogP contribution >= 0.6 is 0 Å². The predicted octanol–water partition coefficient (Wildman–Crippen LogP) is 3.52. The summed E-state index contributed by atoms with van der Waals surface area (Å²) in [5, 5.41) is 49.0. The smallest absolute Gasteiger partial charge is 0.278 e. The van der Waals surface area contributed by atoms with E-state index >= 15 is 0 Å². The number of fused-ring (bicyclic) bond motifs is 6. The van der Waals surface area contributed by atoms with E-state index in [0.29, 0.717) is 22.9 Å². The van der Waals surface area contributed by atoms with E-state index < -0.39 is 40.1 Å². The molecule has 0 spiro atoms. The van der Waals surface area contributed by atoms with Crippen LogP contribution in [-0.2, 0) is 19.4 Å². The number of ether oxygens (including phenoxy) is 1. The third kappa shape index (κ3) is 3.51. The predicted molar refractivity (Wildman–Crippen MR) is 153 cm³/mol. The molecule has 11 nitrogen and oxygen atoms in total. The van der Waals surface area contributed by atoms with Crippen molar-refractivity contribution in [3.63, 3.8) is 0 Å². The number of benzene rings is 3. The number of aryl methyl sites for hydroxylation is 1. The van der Waals surface area contributed by atoms with E-state index in [1.54, 1.807) is 30.6 Å². The van der Waals surface area contributed by atoms with Gasteiger partial charge in [0.05, 0.1) is 41.9 Å². The van der Waals surface area contributed by atoms with Gasteiger partial charge in [-0.1, -0.05) is 0 Å². The van der Waals surface area contributed by atoms with E-state index in [9.17, 15) is 34.8 Å². The molecule has 0 atom stereocenters. The number of aromatic hydroxyl groups is 4. The number of ketones is 2. The maximum Gasteiger partial charge on any atom is 0.278 e. The van der Waals surface area contributed by atoms with Gasteiger partial charge in [0.1, 0.15) is 28.7 Å². The lowest BCUT2D eigenvalue weighted by Crippen LogP contribution is -2.25. The number of phenols is 4. The van der Waals surface area contributed by atoms with Crippen LogP contribution in [0, 0.1) is 6.92 Å². The first kappa shape index (κ1) is 26.2. The van der Waals surface area contributed by atoms with Gasteiger partial charge >= 0.3 is 0 Å². The molecule has 0 aliphatic heterocycles. The zero-order chi connectivity index (χ0) is 30.3. The van der Waals surface area contributed by atoms with E-state index in [2.05, 4.69) is 10.1 Å². The van der Waals surface area contributed by atoms with E-state index in [1.165, 1.54) is 24.9 Å². The van der Waals surface area contributed by atoms with Gasteiger partial charge in [0.2, 0.25) is 5.78 Å². The summed E-state index contributed by atoms with van der Waals surface area (Å²) in [6.45, 7) is 1.54. The van der Waals surface area contributed by atoms with Gasteiger partial charge in [0.25, 0.3) is 5.56 Å². The van der Waals surface area contributed by atoms with Crippen LogP contribution in [-0.4, -0.2) is 53.9 Å². The summed E-state index contributed by atoms with van der Waals surface area (Å²) in [6, 6.07) is 6.28. The molecule has 214 valence electrons. The van der Waals surface area contributed by atoms with Gasteiger partial charge in [-0.3, -0.25) is 19.4 Å². The number of rotatable bonds is 3. The summed E-state index contributed by atoms with van der Waals surface area (Å²) in [6.07, 6.45) is 5.31. The van der Waals surface area contributed by atoms with Crippen LogP contribution in [0.4, 0.5) is 0 Å². The van der Waals surface area contributed by atoms with E-state index in [4.69, 9.17) is 4.74 Å². The maximum atomic E-state index is 13.8. The molecule has 0 saturated carbocycles. The van der Waals surface area contributed by atoms with Crippen molar-refractivity contribution in [1.82, 2.24) is 14.8 Å². The molecule has 2 aliphatic carbocycles. The monoisotopic (exact) mass is 577 g/mol. The highest BCUT2D eigenvalue weighted by atomic mass is 16.5. The number of hydrogen-bond acceptors (Lipinski definition) is 10. The molecule has 2 aliphatic rings. The van der Waals surface area contributed by atoms with Crippen molar-refractivity contribution in [2.75, 3.05) is 7.11 Å². The van der Waals surface area contributed by atoms with Gasteiger partial charge in [0.15, 0.2) is 5.78 Å². The van der Waals surface area contributed by atoms with Gasteiger partial charge in [-0.25, -0.2) is 4.68 Å². The molecule has 5 aromatic rings. The highest BCUT2D eigenvalue weighted by Crippen LogP contribution is 2.54. The van der Waals surface area contributed by atoms with Crippen LogP contribution in [0.1, 0.15) is 54.1 Å². The van der Waals surface area contributed by atoms with Gasteiger partial charge in [0, 0.05) is 45.6 Å². The molecule has 0 unspecified atom stereocenters. The first-order valence-electron chi connectivity index (χ1n) is 13.4. The minimum atomic E-state index is -0.815. The summed E-state index contributed by atoms with van der Waals surface area (Å²) in [7, 11) is 1.32. The Kier molecular flexibility index (Phi) is 5.57. The summed E-state index contributed by atoms with van der Waals surface area (Å²) in [5.74, 6) is -3.45.